The van der Waals surface area contributed by atoms with Crippen LogP contribution in [0.2, 0.25) is 0 Å². The molecule has 0 saturated carbocycles. The molecule has 0 aliphatic carbocycles. The fraction of sp³-hybridized carbons (Fsp3) is 0.400. The van der Waals surface area contributed by atoms with Gasteiger partial charge in [0.05, 0.1) is 12.5 Å². The Morgan fingerprint density at radius 2 is 2.14 bits per heavy atom. The van der Waals surface area contributed by atoms with Crippen molar-refractivity contribution >= 4 is 5.97 Å². The largest absolute Gasteiger partial charge is 0.481 e. The number of hydrogen-bond donors (Lipinski definition) is 1. The van der Waals surface area contributed by atoms with Gasteiger partial charge < -0.3 is 9.52 Å². The van der Waals surface area contributed by atoms with Gasteiger partial charge in [-0.15, -0.1) is 10.2 Å². The number of hydrogen-bond acceptors (Lipinski definition) is 5. The fourth-order valence-corrected chi connectivity index (χ4v) is 2.75. The van der Waals surface area contributed by atoms with Crippen LogP contribution in [0.25, 0.3) is 11.5 Å². The molecule has 1 aliphatic heterocycles. The lowest BCUT2D eigenvalue weighted by molar-refractivity contribution is -0.142. The van der Waals surface area contributed by atoms with Crippen molar-refractivity contribution in [3.8, 4) is 11.5 Å². The van der Waals surface area contributed by atoms with Crippen molar-refractivity contribution in [1.29, 1.82) is 0 Å². The van der Waals surface area contributed by atoms with Crippen LogP contribution in [0.3, 0.4) is 0 Å². The molecular weight excluding hydrogens is 270 g/mol. The average Bonchev–Trinajstić information content (AvgIpc) is 3.08. The molecule has 2 aromatic rings. The van der Waals surface area contributed by atoms with E-state index < -0.39 is 5.97 Å². The maximum Gasteiger partial charge on any atom is 0.308 e. The first-order valence-corrected chi connectivity index (χ1v) is 7.00. The summed E-state index contributed by atoms with van der Waals surface area (Å²) in [7, 11) is 0. The molecular formula is C15H17N3O3. The first kappa shape index (κ1) is 13.8. The third-order valence-electron chi connectivity index (χ3n) is 4.03. The minimum atomic E-state index is -0.736. The van der Waals surface area contributed by atoms with Crippen molar-refractivity contribution < 1.29 is 14.3 Å². The second-order valence-corrected chi connectivity index (χ2v) is 5.31. The third kappa shape index (κ3) is 2.80. The van der Waals surface area contributed by atoms with E-state index in [0.717, 1.165) is 12.1 Å². The molecule has 0 bridgehead atoms. The summed E-state index contributed by atoms with van der Waals surface area (Å²) >= 11 is 0. The normalized spacial score (nSPS) is 22.5. The quantitative estimate of drug-likeness (QED) is 0.927. The zero-order valence-electron chi connectivity index (χ0n) is 11.8. The number of aliphatic carboxylic acids is 1. The summed E-state index contributed by atoms with van der Waals surface area (Å²) < 4.78 is 5.66. The van der Waals surface area contributed by atoms with Crippen molar-refractivity contribution in [2.45, 2.75) is 25.9 Å². The van der Waals surface area contributed by atoms with Crippen LogP contribution in [-0.4, -0.2) is 38.8 Å². The molecule has 21 heavy (non-hydrogen) atoms. The van der Waals surface area contributed by atoms with E-state index in [4.69, 9.17) is 9.52 Å². The Morgan fingerprint density at radius 1 is 1.38 bits per heavy atom. The standard InChI is InChI=1S/C15H17N3O3/c1-10-12(15(19)20)7-8-18(10)9-13-16-17-14(21-13)11-5-3-2-4-6-11/h2-6,10,12H,7-9H2,1H3,(H,19,20). The average molecular weight is 287 g/mol. The van der Waals surface area contributed by atoms with Gasteiger partial charge in [0.1, 0.15) is 0 Å². The van der Waals surface area contributed by atoms with E-state index in [2.05, 4.69) is 15.1 Å². The van der Waals surface area contributed by atoms with Crippen LogP contribution in [0.4, 0.5) is 0 Å². The van der Waals surface area contributed by atoms with Gasteiger partial charge in [0.25, 0.3) is 0 Å². The Kier molecular flexibility index (Phi) is 3.70. The number of carboxylic acids is 1. The lowest BCUT2D eigenvalue weighted by Gasteiger charge is -2.20. The molecule has 0 spiro atoms. The van der Waals surface area contributed by atoms with Crippen LogP contribution in [-0.2, 0) is 11.3 Å². The smallest absolute Gasteiger partial charge is 0.308 e. The summed E-state index contributed by atoms with van der Waals surface area (Å²) in [5.41, 5.74) is 0.883. The zero-order valence-corrected chi connectivity index (χ0v) is 11.8. The highest BCUT2D eigenvalue weighted by molar-refractivity contribution is 5.71. The summed E-state index contributed by atoms with van der Waals surface area (Å²) in [6.07, 6.45) is 0.663. The van der Waals surface area contributed by atoms with Gasteiger partial charge in [0.2, 0.25) is 11.8 Å². The number of likely N-dealkylation sites (tertiary alicyclic amines) is 1. The molecule has 2 atom stereocenters. The molecule has 1 saturated heterocycles. The maximum atomic E-state index is 11.1. The van der Waals surface area contributed by atoms with E-state index in [1.165, 1.54) is 0 Å². The van der Waals surface area contributed by atoms with Crippen molar-refractivity contribution in [2.24, 2.45) is 5.92 Å². The van der Waals surface area contributed by atoms with Gasteiger partial charge >= 0.3 is 5.97 Å². The van der Waals surface area contributed by atoms with Crippen LogP contribution in [0.15, 0.2) is 34.7 Å². The van der Waals surface area contributed by atoms with E-state index in [9.17, 15) is 4.79 Å². The summed E-state index contributed by atoms with van der Waals surface area (Å²) in [6, 6.07) is 9.57. The second-order valence-electron chi connectivity index (χ2n) is 5.31. The number of benzene rings is 1. The van der Waals surface area contributed by atoms with E-state index in [1.807, 2.05) is 37.3 Å². The SMILES string of the molecule is CC1C(C(=O)O)CCN1Cc1nnc(-c2ccccc2)o1. The summed E-state index contributed by atoms with van der Waals surface area (Å²) in [5, 5.41) is 17.2. The highest BCUT2D eigenvalue weighted by atomic mass is 16.4. The molecule has 1 fully saturated rings. The minimum absolute atomic E-state index is 0.0189. The zero-order chi connectivity index (χ0) is 14.8. The Hall–Kier alpha value is -2.21. The van der Waals surface area contributed by atoms with Gasteiger partial charge in [-0.05, 0) is 32.0 Å². The van der Waals surface area contributed by atoms with Crippen LogP contribution in [0.5, 0.6) is 0 Å². The Balaban J connectivity index is 1.70. The number of carboxylic acid groups (broad SMARTS) is 1. The maximum absolute atomic E-state index is 11.1. The fourth-order valence-electron chi connectivity index (χ4n) is 2.75. The Bertz CT molecular complexity index is 626. The van der Waals surface area contributed by atoms with Crippen molar-refractivity contribution in [2.75, 3.05) is 6.54 Å². The molecule has 110 valence electrons. The Morgan fingerprint density at radius 3 is 2.81 bits per heavy atom. The topological polar surface area (TPSA) is 79.5 Å². The predicted octanol–water partition coefficient (Wildman–Crippen LogP) is 2.03. The lowest BCUT2D eigenvalue weighted by Crippen LogP contribution is -2.32. The molecule has 1 N–H and O–H groups in total. The van der Waals surface area contributed by atoms with Crippen molar-refractivity contribution in [3.05, 3.63) is 36.2 Å². The van der Waals surface area contributed by atoms with Gasteiger partial charge in [-0.25, -0.2) is 0 Å². The Labute approximate surface area is 122 Å². The van der Waals surface area contributed by atoms with Gasteiger partial charge in [0, 0.05) is 11.6 Å². The number of nitrogens with zero attached hydrogens (tertiary/aromatic N) is 3. The summed E-state index contributed by atoms with van der Waals surface area (Å²) in [4.78, 5) is 13.2. The first-order chi connectivity index (χ1) is 10.1. The predicted molar refractivity (Wildman–Crippen MR) is 75.3 cm³/mol. The van der Waals surface area contributed by atoms with Crippen LogP contribution in [0, 0.1) is 5.92 Å². The molecule has 1 aliphatic rings. The molecule has 3 rings (SSSR count). The van der Waals surface area contributed by atoms with Gasteiger partial charge in [-0.1, -0.05) is 18.2 Å². The number of rotatable bonds is 4. The molecule has 6 heteroatoms. The molecule has 1 aromatic carbocycles. The van der Waals surface area contributed by atoms with Gasteiger partial charge in [-0.3, -0.25) is 9.69 Å². The number of carbonyl (C=O) groups is 1. The van der Waals surface area contributed by atoms with Gasteiger partial charge in [-0.2, -0.15) is 0 Å². The van der Waals surface area contributed by atoms with E-state index in [1.54, 1.807) is 0 Å². The molecule has 1 aromatic heterocycles. The third-order valence-corrected chi connectivity index (χ3v) is 4.03. The molecule has 0 amide bonds. The van der Waals surface area contributed by atoms with Crippen LogP contribution in [0.1, 0.15) is 19.2 Å². The monoisotopic (exact) mass is 287 g/mol. The summed E-state index contributed by atoms with van der Waals surface area (Å²) in [5.74, 6) is -0.0407. The highest BCUT2D eigenvalue weighted by Gasteiger charge is 2.36. The van der Waals surface area contributed by atoms with E-state index >= 15 is 0 Å². The lowest BCUT2D eigenvalue weighted by atomic mass is 10.0. The van der Waals surface area contributed by atoms with Crippen molar-refractivity contribution in [3.63, 3.8) is 0 Å². The van der Waals surface area contributed by atoms with Crippen LogP contribution >= 0.6 is 0 Å². The second kappa shape index (κ2) is 5.65. The number of aromatic nitrogens is 2. The van der Waals surface area contributed by atoms with E-state index in [-0.39, 0.29) is 12.0 Å². The molecule has 2 heterocycles. The van der Waals surface area contributed by atoms with Crippen molar-refractivity contribution in [1.82, 2.24) is 15.1 Å². The molecule has 6 nitrogen and oxygen atoms in total. The molecule has 0 radical (unpaired) electrons. The molecule has 2 unspecified atom stereocenters. The van der Waals surface area contributed by atoms with E-state index in [0.29, 0.717) is 24.7 Å². The first-order valence-electron chi connectivity index (χ1n) is 7.00. The minimum Gasteiger partial charge on any atom is -0.481 e. The highest BCUT2D eigenvalue weighted by Crippen LogP contribution is 2.26. The van der Waals surface area contributed by atoms with Crippen LogP contribution < -0.4 is 0 Å². The summed E-state index contributed by atoms with van der Waals surface area (Å²) in [6.45, 7) is 3.16. The van der Waals surface area contributed by atoms with Gasteiger partial charge in [0.15, 0.2) is 0 Å².